The van der Waals surface area contributed by atoms with E-state index in [1.807, 2.05) is 13.8 Å². The summed E-state index contributed by atoms with van der Waals surface area (Å²) in [7, 11) is 0. The SMILES string of the molecule is C=C(C)C(=O)OC(CC)C(CC(CC)NC(C)=O)NC(C)=O. The number of amides is 2. The molecule has 0 bridgehead atoms. The van der Waals surface area contributed by atoms with E-state index in [-0.39, 0.29) is 23.9 Å². The third-order valence-corrected chi connectivity index (χ3v) is 3.29. The van der Waals surface area contributed by atoms with Gasteiger partial charge in [0.25, 0.3) is 0 Å². The van der Waals surface area contributed by atoms with Gasteiger partial charge in [0.2, 0.25) is 11.8 Å². The van der Waals surface area contributed by atoms with Crippen molar-refractivity contribution in [1.82, 2.24) is 10.6 Å². The van der Waals surface area contributed by atoms with Gasteiger partial charge in [-0.15, -0.1) is 0 Å². The van der Waals surface area contributed by atoms with Crippen LogP contribution in [0.5, 0.6) is 0 Å². The lowest BCUT2D eigenvalue weighted by molar-refractivity contribution is -0.147. The topological polar surface area (TPSA) is 84.5 Å². The molecule has 2 N–H and O–H groups in total. The molecule has 0 aliphatic carbocycles. The maximum absolute atomic E-state index is 11.7. The van der Waals surface area contributed by atoms with E-state index in [4.69, 9.17) is 4.74 Å². The van der Waals surface area contributed by atoms with Crippen LogP contribution in [0, 0.1) is 0 Å². The summed E-state index contributed by atoms with van der Waals surface area (Å²) in [5.74, 6) is -0.803. The zero-order valence-electron chi connectivity index (χ0n) is 14.2. The minimum absolute atomic E-state index is 0.0908. The first kappa shape index (κ1) is 20.1. The minimum atomic E-state index is -0.477. The fourth-order valence-corrected chi connectivity index (χ4v) is 2.17. The highest BCUT2D eigenvalue weighted by molar-refractivity contribution is 5.87. The first-order valence-corrected chi connectivity index (χ1v) is 7.61. The van der Waals surface area contributed by atoms with Crippen LogP contribution in [0.2, 0.25) is 0 Å². The van der Waals surface area contributed by atoms with E-state index in [2.05, 4.69) is 17.2 Å². The summed E-state index contributed by atoms with van der Waals surface area (Å²) in [5, 5.41) is 5.66. The van der Waals surface area contributed by atoms with Gasteiger partial charge in [-0.2, -0.15) is 0 Å². The van der Waals surface area contributed by atoms with E-state index in [1.165, 1.54) is 13.8 Å². The smallest absolute Gasteiger partial charge is 0.333 e. The van der Waals surface area contributed by atoms with Gasteiger partial charge in [0.05, 0.1) is 6.04 Å². The van der Waals surface area contributed by atoms with Crippen molar-refractivity contribution in [2.45, 2.75) is 72.1 Å². The van der Waals surface area contributed by atoms with Crippen LogP contribution in [0.3, 0.4) is 0 Å². The quantitative estimate of drug-likeness (QED) is 0.501. The molecule has 0 aromatic carbocycles. The molecule has 0 saturated heterocycles. The normalized spacial score (nSPS) is 14.4. The summed E-state index contributed by atoms with van der Waals surface area (Å²) in [6.07, 6.45) is 1.31. The van der Waals surface area contributed by atoms with Gasteiger partial charge in [-0.25, -0.2) is 4.79 Å². The van der Waals surface area contributed by atoms with Crippen LogP contribution in [-0.4, -0.2) is 36.0 Å². The Kier molecular flexibility index (Phi) is 9.13. The standard InChI is InChI=1S/C16H28N2O4/c1-7-13(17-11(5)19)9-14(18-12(6)20)15(8-2)22-16(21)10(3)4/h13-15H,3,7-9H2,1-2,4-6H3,(H,17,19)(H,18,20). The lowest BCUT2D eigenvalue weighted by atomic mass is 9.98. The third kappa shape index (κ3) is 7.81. The van der Waals surface area contributed by atoms with Crippen molar-refractivity contribution in [2.24, 2.45) is 0 Å². The molecule has 2 amide bonds. The number of ether oxygens (including phenoxy) is 1. The Morgan fingerprint density at radius 3 is 1.91 bits per heavy atom. The number of nitrogens with one attached hydrogen (secondary N) is 2. The van der Waals surface area contributed by atoms with Gasteiger partial charge in [0.15, 0.2) is 0 Å². The maximum atomic E-state index is 11.7. The predicted octanol–water partition coefficient (Wildman–Crippen LogP) is 1.69. The van der Waals surface area contributed by atoms with E-state index in [1.54, 1.807) is 6.92 Å². The molecular weight excluding hydrogens is 284 g/mol. The van der Waals surface area contributed by atoms with Crippen LogP contribution in [0.1, 0.15) is 53.9 Å². The second-order valence-electron chi connectivity index (χ2n) is 5.48. The van der Waals surface area contributed by atoms with Gasteiger partial charge in [0, 0.05) is 25.5 Å². The van der Waals surface area contributed by atoms with Gasteiger partial charge in [-0.05, 0) is 26.2 Å². The van der Waals surface area contributed by atoms with Crippen LogP contribution in [0.25, 0.3) is 0 Å². The number of carbonyl (C=O) groups is 3. The summed E-state index contributed by atoms with van der Waals surface area (Å²) in [6, 6.07) is -0.450. The van der Waals surface area contributed by atoms with Crippen LogP contribution in [0.15, 0.2) is 12.2 Å². The fourth-order valence-electron chi connectivity index (χ4n) is 2.17. The van der Waals surface area contributed by atoms with Crippen LogP contribution in [-0.2, 0) is 19.1 Å². The van der Waals surface area contributed by atoms with Gasteiger partial charge < -0.3 is 15.4 Å². The molecule has 126 valence electrons. The zero-order valence-corrected chi connectivity index (χ0v) is 14.2. The largest absolute Gasteiger partial charge is 0.457 e. The van der Waals surface area contributed by atoms with Crippen LogP contribution >= 0.6 is 0 Å². The molecule has 0 heterocycles. The highest BCUT2D eigenvalue weighted by atomic mass is 16.5. The molecule has 0 fully saturated rings. The predicted molar refractivity (Wildman–Crippen MR) is 85.1 cm³/mol. The summed E-state index contributed by atoms with van der Waals surface area (Å²) >= 11 is 0. The number of hydrogen-bond acceptors (Lipinski definition) is 4. The highest BCUT2D eigenvalue weighted by Crippen LogP contribution is 2.14. The fraction of sp³-hybridized carbons (Fsp3) is 0.688. The van der Waals surface area contributed by atoms with Crippen molar-refractivity contribution >= 4 is 17.8 Å². The van der Waals surface area contributed by atoms with Gasteiger partial charge in [0.1, 0.15) is 6.10 Å². The lowest BCUT2D eigenvalue weighted by Crippen LogP contribution is -2.48. The molecule has 6 nitrogen and oxygen atoms in total. The molecule has 22 heavy (non-hydrogen) atoms. The third-order valence-electron chi connectivity index (χ3n) is 3.29. The van der Waals surface area contributed by atoms with Gasteiger partial charge in [-0.1, -0.05) is 20.4 Å². The molecule has 3 atom stereocenters. The van der Waals surface area contributed by atoms with E-state index in [9.17, 15) is 14.4 Å². The summed E-state index contributed by atoms with van der Waals surface area (Å²) in [6.45, 7) is 11.8. The lowest BCUT2D eigenvalue weighted by Gasteiger charge is -2.30. The van der Waals surface area contributed by atoms with E-state index < -0.39 is 12.1 Å². The van der Waals surface area contributed by atoms with Crippen molar-refractivity contribution in [3.63, 3.8) is 0 Å². The summed E-state index contributed by atoms with van der Waals surface area (Å²) in [5.41, 5.74) is 0.314. The Hall–Kier alpha value is -1.85. The Labute approximate surface area is 132 Å². The molecule has 0 aromatic heterocycles. The summed E-state index contributed by atoms with van der Waals surface area (Å²) in [4.78, 5) is 34.4. The molecule has 0 saturated carbocycles. The second kappa shape index (κ2) is 9.97. The Bertz CT molecular complexity index is 420. The highest BCUT2D eigenvalue weighted by Gasteiger charge is 2.27. The number of hydrogen-bond donors (Lipinski definition) is 2. The molecule has 0 spiro atoms. The maximum Gasteiger partial charge on any atom is 0.333 e. The monoisotopic (exact) mass is 312 g/mol. The average Bonchev–Trinajstić information content (AvgIpc) is 2.41. The first-order valence-electron chi connectivity index (χ1n) is 7.61. The number of rotatable bonds is 9. The van der Waals surface area contributed by atoms with Crippen molar-refractivity contribution < 1.29 is 19.1 Å². The summed E-state index contributed by atoms with van der Waals surface area (Å²) < 4.78 is 5.41. The Morgan fingerprint density at radius 2 is 1.55 bits per heavy atom. The molecule has 0 radical (unpaired) electrons. The molecule has 0 aromatic rings. The molecule has 6 heteroatoms. The van der Waals surface area contributed by atoms with Crippen molar-refractivity contribution in [1.29, 1.82) is 0 Å². The average molecular weight is 312 g/mol. The minimum Gasteiger partial charge on any atom is -0.457 e. The molecule has 0 aliphatic heterocycles. The van der Waals surface area contributed by atoms with E-state index in [0.29, 0.717) is 18.4 Å². The Balaban J connectivity index is 5.04. The van der Waals surface area contributed by atoms with Gasteiger partial charge in [-0.3, -0.25) is 9.59 Å². The number of esters is 1. The molecule has 0 rings (SSSR count). The zero-order chi connectivity index (χ0) is 17.3. The molecule has 0 aliphatic rings. The Morgan fingerprint density at radius 1 is 1.00 bits per heavy atom. The van der Waals surface area contributed by atoms with E-state index in [0.717, 1.165) is 6.42 Å². The van der Waals surface area contributed by atoms with E-state index >= 15 is 0 Å². The molecule has 3 unspecified atom stereocenters. The van der Waals surface area contributed by atoms with Crippen LogP contribution < -0.4 is 10.6 Å². The second-order valence-corrected chi connectivity index (χ2v) is 5.48. The first-order chi connectivity index (χ1) is 10.2. The van der Waals surface area contributed by atoms with Crippen molar-refractivity contribution in [3.8, 4) is 0 Å². The molecular formula is C16H28N2O4. The van der Waals surface area contributed by atoms with Crippen LogP contribution in [0.4, 0.5) is 0 Å². The van der Waals surface area contributed by atoms with Gasteiger partial charge >= 0.3 is 5.97 Å². The number of carbonyl (C=O) groups excluding carboxylic acids is 3. The van der Waals surface area contributed by atoms with Crippen molar-refractivity contribution in [3.05, 3.63) is 12.2 Å². The van der Waals surface area contributed by atoms with Crippen molar-refractivity contribution in [2.75, 3.05) is 0 Å².